The molecule has 2 aliphatic heterocycles. The molecule has 3 fully saturated rings. The van der Waals surface area contributed by atoms with Gasteiger partial charge in [0.2, 0.25) is 0 Å². The average molecular weight is 635 g/mol. The van der Waals surface area contributed by atoms with E-state index in [0.717, 1.165) is 57.7 Å². The van der Waals surface area contributed by atoms with Gasteiger partial charge in [-0.15, -0.1) is 0 Å². The molecular formula is C34H37F3N6O3. The predicted molar refractivity (Wildman–Crippen MR) is 170 cm³/mol. The molecule has 0 unspecified atom stereocenters. The third-order valence-electron chi connectivity index (χ3n) is 9.09. The molecule has 3 aromatic rings. The summed E-state index contributed by atoms with van der Waals surface area (Å²) in [5.74, 6) is 5.86. The van der Waals surface area contributed by atoms with Crippen LogP contribution >= 0.6 is 0 Å². The Morgan fingerprint density at radius 1 is 1.13 bits per heavy atom. The van der Waals surface area contributed by atoms with Crippen LogP contribution in [0.2, 0.25) is 0 Å². The van der Waals surface area contributed by atoms with Crippen LogP contribution in [-0.4, -0.2) is 80.3 Å². The third kappa shape index (κ3) is 6.88. The monoisotopic (exact) mass is 634 g/mol. The summed E-state index contributed by atoms with van der Waals surface area (Å²) in [5, 5.41) is 9.97. The number of ether oxygens (including phenoxy) is 2. The molecule has 0 atom stereocenters. The van der Waals surface area contributed by atoms with Crippen LogP contribution in [0.5, 0.6) is 5.75 Å². The fourth-order valence-corrected chi connectivity index (χ4v) is 6.76. The molecule has 242 valence electrons. The molecule has 1 amide bonds. The first-order valence-corrected chi connectivity index (χ1v) is 15.5. The van der Waals surface area contributed by atoms with Crippen LogP contribution in [0, 0.1) is 23.8 Å². The van der Waals surface area contributed by atoms with Crippen LogP contribution in [0.4, 0.5) is 24.5 Å². The van der Waals surface area contributed by atoms with Gasteiger partial charge in [-0.2, -0.15) is 13.2 Å². The van der Waals surface area contributed by atoms with Gasteiger partial charge >= 0.3 is 12.9 Å². The third-order valence-corrected chi connectivity index (χ3v) is 9.09. The van der Waals surface area contributed by atoms with Gasteiger partial charge in [-0.3, -0.25) is 14.5 Å². The number of benzene rings is 2. The molecule has 2 aromatic carbocycles. The lowest BCUT2D eigenvalue weighted by Crippen LogP contribution is -2.68. The Kier molecular flexibility index (Phi) is 9.03. The summed E-state index contributed by atoms with van der Waals surface area (Å²) in [6.07, 6.45) is -0.209. The molecule has 0 radical (unpaired) electrons. The van der Waals surface area contributed by atoms with Crippen molar-refractivity contribution < 1.29 is 27.4 Å². The van der Waals surface area contributed by atoms with E-state index < -0.39 is 12.7 Å². The second kappa shape index (κ2) is 13.1. The normalized spacial score (nSPS) is 20.5. The first kappa shape index (κ1) is 31.6. The van der Waals surface area contributed by atoms with Crippen molar-refractivity contribution >= 4 is 28.2 Å². The van der Waals surface area contributed by atoms with Crippen molar-refractivity contribution in [3.8, 4) is 17.6 Å². The number of anilines is 2. The zero-order valence-corrected chi connectivity index (χ0v) is 25.7. The predicted octanol–water partition coefficient (Wildman–Crippen LogP) is 5.34. The lowest BCUT2D eigenvalue weighted by atomic mass is 9.75. The maximum absolute atomic E-state index is 13.7. The van der Waals surface area contributed by atoms with Crippen LogP contribution in [0.25, 0.3) is 15.7 Å². The van der Waals surface area contributed by atoms with Crippen molar-refractivity contribution in [3.63, 3.8) is 0 Å². The smallest absolute Gasteiger partial charge is 0.406 e. The zero-order valence-electron chi connectivity index (χ0n) is 25.7. The maximum Gasteiger partial charge on any atom is 0.406 e. The molecule has 3 N–H and O–H groups in total. The number of fused-ring (bicyclic) bond motifs is 1. The van der Waals surface area contributed by atoms with E-state index in [9.17, 15) is 18.0 Å². The van der Waals surface area contributed by atoms with Gasteiger partial charge in [-0.05, 0) is 68.0 Å². The fraction of sp³-hybridized carbons (Fsp3) is 0.471. The first-order chi connectivity index (χ1) is 22.2. The molecular weight excluding hydrogens is 597 g/mol. The van der Waals surface area contributed by atoms with Gasteiger partial charge in [-0.1, -0.05) is 12.0 Å². The Morgan fingerprint density at radius 2 is 1.91 bits per heavy atom. The topological polar surface area (TPSA) is 84.2 Å². The van der Waals surface area contributed by atoms with Gasteiger partial charge in [-0.25, -0.2) is 6.57 Å². The van der Waals surface area contributed by atoms with Crippen LogP contribution < -0.4 is 20.7 Å². The Bertz CT molecular complexity index is 1680. The van der Waals surface area contributed by atoms with Gasteiger partial charge in [0.05, 0.1) is 36.7 Å². The number of nitrogens with zero attached hydrogens (tertiary/aromatic N) is 3. The van der Waals surface area contributed by atoms with E-state index in [1.54, 1.807) is 30.3 Å². The molecule has 9 nitrogen and oxygen atoms in total. The minimum absolute atomic E-state index is 0.0980. The van der Waals surface area contributed by atoms with E-state index in [1.165, 1.54) is 17.7 Å². The van der Waals surface area contributed by atoms with E-state index in [-0.39, 0.29) is 30.9 Å². The molecule has 1 spiro atoms. The minimum Gasteiger partial charge on any atom is -0.424 e. The quantitative estimate of drug-likeness (QED) is 0.218. The summed E-state index contributed by atoms with van der Waals surface area (Å²) in [7, 11) is 1.51. The molecule has 6 rings (SSSR count). The van der Waals surface area contributed by atoms with Gasteiger partial charge in [0.1, 0.15) is 6.54 Å². The Labute approximate surface area is 266 Å². The summed E-state index contributed by atoms with van der Waals surface area (Å²) >= 11 is 0. The summed E-state index contributed by atoms with van der Waals surface area (Å²) in [6.45, 7) is 9.75. The minimum atomic E-state index is -4.43. The van der Waals surface area contributed by atoms with Crippen LogP contribution in [0.15, 0.2) is 42.5 Å². The van der Waals surface area contributed by atoms with Crippen molar-refractivity contribution in [3.05, 3.63) is 65.1 Å². The van der Waals surface area contributed by atoms with E-state index in [0.29, 0.717) is 39.4 Å². The number of aromatic nitrogens is 1. The number of carbonyl (C=O) groups is 1. The largest absolute Gasteiger partial charge is 0.424 e. The molecule has 0 bridgehead atoms. The van der Waals surface area contributed by atoms with Gasteiger partial charge in [0.15, 0.2) is 5.75 Å². The highest BCUT2D eigenvalue weighted by atomic mass is 19.4. The van der Waals surface area contributed by atoms with Gasteiger partial charge in [0.25, 0.3) is 5.91 Å². The highest BCUT2D eigenvalue weighted by Gasteiger charge is 2.50. The molecule has 3 aliphatic rings. The van der Waals surface area contributed by atoms with Crippen LogP contribution in [0.1, 0.15) is 41.7 Å². The molecule has 3 heterocycles. The SMILES string of the molecule is [C-]#[N+]COc1cc(C(=O)NC)ccc1NCC#Cc1cc2c(NC3CCC(N4CC5(COC5)C4)CC3)cccc2n1CC(F)(F)F. The van der Waals surface area contributed by atoms with Crippen molar-refractivity contribution in [1.82, 2.24) is 14.8 Å². The van der Waals surface area contributed by atoms with E-state index in [4.69, 9.17) is 16.0 Å². The standard InChI is InChI=1S/C34H37F3N6O3/c1-38-22-46-31-15-23(32(44)39-2)8-13-29(31)40-14-4-5-26-16-27-28(6-3-7-30(27)43(26)19-34(35,36)37)41-24-9-11-25(12-10-24)42-17-33(18-42)20-45-21-33/h3,6-8,13,15-16,24-25,40-41H,9-12,14,17-22H2,2H3,(H,39,44). The summed E-state index contributed by atoms with van der Waals surface area (Å²) in [5.41, 5.74) is 2.82. The average Bonchev–Trinajstić information content (AvgIpc) is 3.34. The van der Waals surface area contributed by atoms with Crippen molar-refractivity contribution in [2.24, 2.45) is 5.41 Å². The lowest BCUT2D eigenvalue weighted by Gasteiger charge is -2.58. The Morgan fingerprint density at radius 3 is 2.59 bits per heavy atom. The molecule has 46 heavy (non-hydrogen) atoms. The van der Waals surface area contributed by atoms with Crippen molar-refractivity contribution in [1.29, 1.82) is 0 Å². The maximum atomic E-state index is 13.7. The number of hydrogen-bond acceptors (Lipinski definition) is 6. The summed E-state index contributed by atoms with van der Waals surface area (Å²) in [6, 6.07) is 12.7. The van der Waals surface area contributed by atoms with Gasteiger partial charge < -0.3 is 30.0 Å². The number of amides is 1. The van der Waals surface area contributed by atoms with Crippen molar-refractivity contribution in [2.75, 3.05) is 57.3 Å². The summed E-state index contributed by atoms with van der Waals surface area (Å²) < 4.78 is 53.2. The molecule has 1 aliphatic carbocycles. The molecule has 1 saturated carbocycles. The number of likely N-dealkylation sites (tertiary alicyclic amines) is 1. The molecule has 2 saturated heterocycles. The highest BCUT2D eigenvalue weighted by molar-refractivity contribution is 5.95. The number of hydrogen-bond donors (Lipinski definition) is 3. The number of carbonyl (C=O) groups excluding carboxylic acids is 1. The van der Waals surface area contributed by atoms with Crippen LogP contribution in [0.3, 0.4) is 0 Å². The number of nitrogens with one attached hydrogen (secondary N) is 3. The molecule has 1 aromatic heterocycles. The van der Waals surface area contributed by atoms with Crippen molar-refractivity contribution in [2.45, 2.75) is 50.5 Å². The van der Waals surface area contributed by atoms with E-state index >= 15 is 0 Å². The second-order valence-electron chi connectivity index (χ2n) is 12.4. The van der Waals surface area contributed by atoms with E-state index in [2.05, 4.69) is 37.5 Å². The summed E-state index contributed by atoms with van der Waals surface area (Å²) in [4.78, 5) is 17.8. The fourth-order valence-electron chi connectivity index (χ4n) is 6.76. The number of alkyl halides is 3. The zero-order chi connectivity index (χ0) is 32.3. The van der Waals surface area contributed by atoms with E-state index in [1.807, 2.05) is 6.07 Å². The van der Waals surface area contributed by atoms with Gasteiger partial charge in [0, 0.05) is 54.3 Å². The highest BCUT2D eigenvalue weighted by Crippen LogP contribution is 2.41. The molecule has 12 heteroatoms. The second-order valence-corrected chi connectivity index (χ2v) is 12.4. The lowest BCUT2D eigenvalue weighted by molar-refractivity contribution is -0.200. The Balaban J connectivity index is 1.16. The first-order valence-electron chi connectivity index (χ1n) is 15.5. The van der Waals surface area contributed by atoms with Crippen LogP contribution in [-0.2, 0) is 11.3 Å². The Hall–Kier alpha value is -4.39. The number of halogens is 3. The number of rotatable bonds is 9.